The van der Waals surface area contributed by atoms with Crippen LogP contribution >= 0.6 is 0 Å². The van der Waals surface area contributed by atoms with Gasteiger partial charge in [-0.25, -0.2) is 9.78 Å². The highest BCUT2D eigenvalue weighted by atomic mass is 16.5. The number of rotatable bonds is 5. The Morgan fingerprint density at radius 2 is 1.83 bits per heavy atom. The Labute approximate surface area is 170 Å². The minimum atomic E-state index is -0.530. The molecule has 0 atom stereocenters. The van der Waals surface area contributed by atoms with Crippen LogP contribution in [0.3, 0.4) is 0 Å². The van der Waals surface area contributed by atoms with Crippen molar-refractivity contribution in [1.29, 1.82) is 0 Å². The molecular formula is C22H27N3O4. The van der Waals surface area contributed by atoms with Crippen LogP contribution in [0.25, 0.3) is 0 Å². The zero-order chi connectivity index (χ0) is 20.8. The molecule has 7 nitrogen and oxygen atoms in total. The molecule has 1 heterocycles. The van der Waals surface area contributed by atoms with Crippen molar-refractivity contribution in [3.05, 3.63) is 47.7 Å². The van der Waals surface area contributed by atoms with Crippen molar-refractivity contribution < 1.29 is 19.1 Å². The van der Waals surface area contributed by atoms with Crippen molar-refractivity contribution in [2.45, 2.75) is 45.6 Å². The molecule has 0 saturated heterocycles. The zero-order valence-electron chi connectivity index (χ0n) is 17.0. The molecule has 7 heteroatoms. The van der Waals surface area contributed by atoms with Crippen molar-refractivity contribution in [3.63, 3.8) is 0 Å². The molecule has 1 aliphatic carbocycles. The maximum Gasteiger partial charge on any atom is 0.325 e. The second-order valence-electron chi connectivity index (χ2n) is 7.41. The van der Waals surface area contributed by atoms with Crippen LogP contribution in [-0.4, -0.2) is 30.1 Å². The van der Waals surface area contributed by atoms with Crippen molar-refractivity contribution in [1.82, 2.24) is 10.3 Å². The van der Waals surface area contributed by atoms with E-state index in [9.17, 15) is 9.59 Å². The van der Waals surface area contributed by atoms with Crippen LogP contribution in [0, 0.1) is 19.8 Å². The van der Waals surface area contributed by atoms with Crippen molar-refractivity contribution >= 4 is 17.6 Å². The minimum absolute atomic E-state index is 0.147. The summed E-state index contributed by atoms with van der Waals surface area (Å²) in [6.45, 7) is 3.84. The number of hydrogen-bond acceptors (Lipinski definition) is 5. The molecule has 2 aromatic rings. The predicted molar refractivity (Wildman–Crippen MR) is 110 cm³/mol. The Morgan fingerprint density at radius 1 is 1.07 bits per heavy atom. The molecule has 154 valence electrons. The first-order valence-corrected chi connectivity index (χ1v) is 9.80. The first-order valence-electron chi connectivity index (χ1n) is 9.80. The number of hydrogen-bond donors (Lipinski definition) is 2. The molecule has 0 unspecified atom stereocenters. The molecule has 1 fully saturated rings. The summed E-state index contributed by atoms with van der Waals surface area (Å²) in [6.07, 6.45) is 5.10. The highest BCUT2D eigenvalue weighted by Crippen LogP contribution is 2.27. The quantitative estimate of drug-likeness (QED) is 0.783. The Balaban J connectivity index is 1.53. The Bertz CT molecular complexity index is 859. The Morgan fingerprint density at radius 3 is 2.45 bits per heavy atom. The van der Waals surface area contributed by atoms with Gasteiger partial charge in [-0.05, 0) is 68.9 Å². The number of nitrogens with one attached hydrogen (secondary N) is 2. The number of aryl methyl sites for hydroxylation is 2. The molecule has 1 aliphatic rings. The van der Waals surface area contributed by atoms with Crippen LogP contribution in [0.1, 0.15) is 36.8 Å². The molecule has 29 heavy (non-hydrogen) atoms. The lowest BCUT2D eigenvalue weighted by molar-refractivity contribution is -0.125. The molecule has 0 aliphatic heterocycles. The summed E-state index contributed by atoms with van der Waals surface area (Å²) >= 11 is 0. The van der Waals surface area contributed by atoms with E-state index in [1.807, 2.05) is 19.9 Å². The molecule has 0 spiro atoms. The Kier molecular flexibility index (Phi) is 6.82. The third kappa shape index (κ3) is 5.77. The summed E-state index contributed by atoms with van der Waals surface area (Å²) < 4.78 is 11.1. The third-order valence-electron chi connectivity index (χ3n) is 5.15. The van der Waals surface area contributed by atoms with Gasteiger partial charge < -0.3 is 14.8 Å². The first kappa shape index (κ1) is 20.8. The van der Waals surface area contributed by atoms with Gasteiger partial charge in [0.2, 0.25) is 11.8 Å². The number of nitrogens with zero attached hydrogens (tertiary/aromatic N) is 1. The van der Waals surface area contributed by atoms with Crippen LogP contribution in [0.2, 0.25) is 0 Å². The van der Waals surface area contributed by atoms with Crippen LogP contribution < -0.4 is 15.4 Å². The number of amides is 3. The van der Waals surface area contributed by atoms with Gasteiger partial charge in [0, 0.05) is 31.0 Å². The van der Waals surface area contributed by atoms with E-state index in [-0.39, 0.29) is 17.9 Å². The lowest BCUT2D eigenvalue weighted by Crippen LogP contribution is -2.40. The number of carbonyl (C=O) groups excluding carboxylic acids is 2. The van der Waals surface area contributed by atoms with E-state index >= 15 is 0 Å². The average molecular weight is 397 g/mol. The van der Waals surface area contributed by atoms with Crippen molar-refractivity contribution in [2.24, 2.45) is 5.92 Å². The van der Waals surface area contributed by atoms with Gasteiger partial charge >= 0.3 is 6.03 Å². The number of pyridine rings is 1. The van der Waals surface area contributed by atoms with E-state index in [0.717, 1.165) is 36.8 Å². The van der Waals surface area contributed by atoms with E-state index in [0.29, 0.717) is 17.3 Å². The van der Waals surface area contributed by atoms with Crippen molar-refractivity contribution in [2.75, 3.05) is 12.4 Å². The highest BCUT2D eigenvalue weighted by Gasteiger charge is 2.27. The number of benzene rings is 1. The van der Waals surface area contributed by atoms with Gasteiger partial charge in [-0.2, -0.15) is 0 Å². The fourth-order valence-corrected chi connectivity index (χ4v) is 3.41. The van der Waals surface area contributed by atoms with Crippen LogP contribution in [-0.2, 0) is 9.53 Å². The van der Waals surface area contributed by atoms with Crippen LogP contribution in [0.15, 0.2) is 36.5 Å². The summed E-state index contributed by atoms with van der Waals surface area (Å²) in [5.74, 6) is 0.773. The predicted octanol–water partition coefficient (Wildman–Crippen LogP) is 4.34. The first-order chi connectivity index (χ1) is 13.9. The second-order valence-corrected chi connectivity index (χ2v) is 7.41. The smallest absolute Gasteiger partial charge is 0.325 e. The van der Waals surface area contributed by atoms with Gasteiger partial charge in [-0.1, -0.05) is 6.07 Å². The molecule has 3 rings (SSSR count). The number of imide groups is 1. The summed E-state index contributed by atoms with van der Waals surface area (Å²) in [7, 11) is 1.69. The van der Waals surface area contributed by atoms with Gasteiger partial charge in [-0.3, -0.25) is 10.1 Å². The number of ether oxygens (including phenoxy) is 2. The average Bonchev–Trinajstić information content (AvgIpc) is 2.71. The topological polar surface area (TPSA) is 89.5 Å². The van der Waals surface area contributed by atoms with Gasteiger partial charge in [0.1, 0.15) is 5.75 Å². The van der Waals surface area contributed by atoms with E-state index in [1.54, 1.807) is 37.6 Å². The molecule has 2 N–H and O–H groups in total. The van der Waals surface area contributed by atoms with Gasteiger partial charge in [-0.15, -0.1) is 0 Å². The lowest BCUT2D eigenvalue weighted by Gasteiger charge is -2.26. The van der Waals surface area contributed by atoms with E-state index in [1.165, 1.54) is 0 Å². The zero-order valence-corrected chi connectivity index (χ0v) is 17.0. The normalized spacial score (nSPS) is 18.7. The van der Waals surface area contributed by atoms with E-state index < -0.39 is 6.03 Å². The molecule has 1 aromatic carbocycles. The number of urea groups is 1. The molecular weight excluding hydrogens is 370 g/mol. The molecule has 0 bridgehead atoms. The number of anilines is 1. The third-order valence-corrected chi connectivity index (χ3v) is 5.15. The molecule has 3 amide bonds. The number of carbonyl (C=O) groups is 2. The highest BCUT2D eigenvalue weighted by molar-refractivity contribution is 6.01. The van der Waals surface area contributed by atoms with Gasteiger partial charge in [0.25, 0.3) is 0 Å². The molecule has 0 radical (unpaired) electrons. The van der Waals surface area contributed by atoms with Crippen molar-refractivity contribution in [3.8, 4) is 11.6 Å². The fourth-order valence-electron chi connectivity index (χ4n) is 3.41. The van der Waals surface area contributed by atoms with E-state index in [2.05, 4.69) is 15.6 Å². The maximum absolute atomic E-state index is 12.3. The maximum atomic E-state index is 12.3. The van der Waals surface area contributed by atoms with E-state index in [4.69, 9.17) is 9.47 Å². The minimum Gasteiger partial charge on any atom is -0.439 e. The Hall–Kier alpha value is -2.93. The monoisotopic (exact) mass is 397 g/mol. The largest absolute Gasteiger partial charge is 0.439 e. The summed E-state index contributed by atoms with van der Waals surface area (Å²) in [6, 6.07) is 8.48. The van der Waals surface area contributed by atoms with Gasteiger partial charge in [0.05, 0.1) is 6.10 Å². The standard InChI is InChI=1S/C22H27N3O4/c1-14-4-11-20(23-13-14)29-19-10-7-17(12-15(19)2)24-22(27)25-21(26)16-5-8-18(28-3)9-6-16/h4,7,10-13,16,18H,5-6,8-9H2,1-3H3,(H2,24,25,26,27). The summed E-state index contributed by atoms with van der Waals surface area (Å²) in [5, 5.41) is 5.14. The number of methoxy groups -OCH3 is 1. The lowest BCUT2D eigenvalue weighted by atomic mass is 9.87. The summed E-state index contributed by atoms with van der Waals surface area (Å²) in [4.78, 5) is 28.7. The molecule has 1 saturated carbocycles. The molecule has 1 aromatic heterocycles. The van der Waals surface area contributed by atoms with Crippen LogP contribution in [0.5, 0.6) is 11.6 Å². The number of aromatic nitrogens is 1. The second kappa shape index (κ2) is 9.52. The summed E-state index contributed by atoms with van der Waals surface area (Å²) in [5.41, 5.74) is 2.48. The fraction of sp³-hybridized carbons (Fsp3) is 0.409. The van der Waals surface area contributed by atoms with Gasteiger partial charge in [0.15, 0.2) is 0 Å². The SMILES string of the molecule is COC1CCC(C(=O)NC(=O)Nc2ccc(Oc3ccc(C)cn3)c(C)c2)CC1. The van der Waals surface area contributed by atoms with Crippen LogP contribution in [0.4, 0.5) is 10.5 Å².